The summed E-state index contributed by atoms with van der Waals surface area (Å²) < 4.78 is 21.9. The quantitative estimate of drug-likeness (QED) is 0.558. The maximum absolute atomic E-state index is 12.8. The molecule has 0 amide bonds. The summed E-state index contributed by atoms with van der Waals surface area (Å²) in [6, 6.07) is 9.67. The molecule has 6 nitrogen and oxygen atoms in total. The average molecular weight is 424 g/mol. The van der Waals surface area contributed by atoms with Gasteiger partial charge in [0.1, 0.15) is 23.7 Å². The van der Waals surface area contributed by atoms with Gasteiger partial charge in [-0.05, 0) is 55.0 Å². The highest BCUT2D eigenvalue weighted by atomic mass is 16.5. The number of methoxy groups -OCH3 is 1. The van der Waals surface area contributed by atoms with Crippen LogP contribution in [-0.2, 0) is 32.7 Å². The molecule has 2 aliphatic rings. The van der Waals surface area contributed by atoms with Crippen LogP contribution >= 0.6 is 0 Å². The molecular formula is C25H28O6. The first-order valence-electron chi connectivity index (χ1n) is 10.8. The Bertz CT molecular complexity index is 1010. The van der Waals surface area contributed by atoms with Crippen molar-refractivity contribution in [2.75, 3.05) is 20.3 Å². The van der Waals surface area contributed by atoms with Crippen molar-refractivity contribution in [1.82, 2.24) is 0 Å². The molecule has 0 radical (unpaired) electrons. The lowest BCUT2D eigenvalue weighted by molar-refractivity contribution is -0.142. The van der Waals surface area contributed by atoms with Crippen LogP contribution in [0.5, 0.6) is 11.5 Å². The van der Waals surface area contributed by atoms with Crippen molar-refractivity contribution < 1.29 is 28.5 Å². The summed E-state index contributed by atoms with van der Waals surface area (Å²) in [7, 11) is 1.54. The Balaban J connectivity index is 1.64. The predicted molar refractivity (Wildman–Crippen MR) is 115 cm³/mol. The first-order valence-corrected chi connectivity index (χ1v) is 10.8. The highest BCUT2D eigenvalue weighted by Crippen LogP contribution is 2.63. The van der Waals surface area contributed by atoms with E-state index in [-0.39, 0.29) is 30.6 Å². The van der Waals surface area contributed by atoms with E-state index in [9.17, 15) is 9.59 Å². The summed E-state index contributed by atoms with van der Waals surface area (Å²) in [5.41, 5.74) is 4.95. The van der Waals surface area contributed by atoms with Crippen LogP contribution in [0.1, 0.15) is 65.7 Å². The molecular weight excluding hydrogens is 396 g/mol. The lowest BCUT2D eigenvalue weighted by atomic mass is 9.77. The average Bonchev–Trinajstić information content (AvgIpc) is 3.42. The van der Waals surface area contributed by atoms with Crippen LogP contribution in [0.25, 0.3) is 0 Å². The van der Waals surface area contributed by atoms with Crippen LogP contribution < -0.4 is 9.47 Å². The fourth-order valence-corrected chi connectivity index (χ4v) is 4.59. The number of rotatable bonds is 9. The zero-order valence-electron chi connectivity index (χ0n) is 18.3. The van der Waals surface area contributed by atoms with Crippen LogP contribution in [0.2, 0.25) is 0 Å². The Kier molecular flexibility index (Phi) is 5.90. The molecule has 0 bridgehead atoms. The van der Waals surface area contributed by atoms with Crippen molar-refractivity contribution in [3.05, 3.63) is 58.1 Å². The summed E-state index contributed by atoms with van der Waals surface area (Å²) in [5.74, 6) is -0.106. The summed E-state index contributed by atoms with van der Waals surface area (Å²) in [6.45, 7) is 4.31. The molecule has 1 saturated carbocycles. The van der Waals surface area contributed by atoms with Gasteiger partial charge in [0.2, 0.25) is 0 Å². The van der Waals surface area contributed by atoms with Gasteiger partial charge in [0.25, 0.3) is 0 Å². The van der Waals surface area contributed by atoms with E-state index in [4.69, 9.17) is 18.9 Å². The molecule has 0 saturated heterocycles. The fraction of sp³-hybridized carbons (Fsp3) is 0.440. The standard InChI is InChI=1S/C25H28O6/c1-4-29-21(26)13-17-12-18(28-3)14-20(22(17)24(27)30-5-2)31-15-16-8-6-9-19-23(16)25(19)10-7-11-25/h6,8-9,12,14H,4-5,7,10-11,13,15H2,1-3H3. The van der Waals surface area contributed by atoms with Crippen LogP contribution in [0.3, 0.4) is 0 Å². The molecule has 0 atom stereocenters. The third-order valence-corrected chi connectivity index (χ3v) is 6.19. The number of carbonyl (C=O) groups excluding carboxylic acids is 2. The third-order valence-electron chi connectivity index (χ3n) is 6.19. The molecule has 0 heterocycles. The van der Waals surface area contributed by atoms with Gasteiger partial charge >= 0.3 is 11.9 Å². The molecule has 164 valence electrons. The van der Waals surface area contributed by atoms with E-state index < -0.39 is 11.9 Å². The van der Waals surface area contributed by atoms with Gasteiger partial charge in [-0.25, -0.2) is 4.79 Å². The van der Waals surface area contributed by atoms with Crippen molar-refractivity contribution in [2.24, 2.45) is 0 Å². The lowest BCUT2D eigenvalue weighted by Crippen LogP contribution is -2.19. The second kappa shape index (κ2) is 8.61. The van der Waals surface area contributed by atoms with E-state index >= 15 is 0 Å². The summed E-state index contributed by atoms with van der Waals surface area (Å²) in [6.07, 6.45) is 3.60. The van der Waals surface area contributed by atoms with Crippen molar-refractivity contribution in [3.63, 3.8) is 0 Å². The van der Waals surface area contributed by atoms with Gasteiger partial charge in [0, 0.05) is 11.5 Å². The first-order chi connectivity index (χ1) is 15.0. The molecule has 1 fully saturated rings. The minimum Gasteiger partial charge on any atom is -0.497 e. The molecule has 2 aromatic rings. The van der Waals surface area contributed by atoms with Crippen molar-refractivity contribution in [3.8, 4) is 11.5 Å². The third kappa shape index (κ3) is 3.87. The topological polar surface area (TPSA) is 71.1 Å². The van der Waals surface area contributed by atoms with Crippen LogP contribution in [0.15, 0.2) is 30.3 Å². The number of hydrogen-bond donors (Lipinski definition) is 0. The van der Waals surface area contributed by atoms with Gasteiger partial charge < -0.3 is 18.9 Å². The zero-order valence-corrected chi connectivity index (χ0v) is 18.3. The summed E-state index contributed by atoms with van der Waals surface area (Å²) >= 11 is 0. The van der Waals surface area contributed by atoms with E-state index in [1.54, 1.807) is 26.0 Å². The monoisotopic (exact) mass is 424 g/mol. The molecule has 1 spiro atoms. The number of carbonyl (C=O) groups is 2. The second-order valence-corrected chi connectivity index (χ2v) is 7.93. The van der Waals surface area contributed by atoms with E-state index in [0.717, 1.165) is 5.56 Å². The highest BCUT2D eigenvalue weighted by molar-refractivity contribution is 5.96. The van der Waals surface area contributed by atoms with E-state index in [1.165, 1.54) is 37.5 Å². The fourth-order valence-electron chi connectivity index (χ4n) is 4.59. The van der Waals surface area contributed by atoms with Gasteiger partial charge in [0.05, 0.1) is 26.7 Å². The molecule has 2 aliphatic carbocycles. The summed E-state index contributed by atoms with van der Waals surface area (Å²) in [5, 5.41) is 0. The normalized spacial score (nSPS) is 14.9. The molecule has 2 aromatic carbocycles. The van der Waals surface area contributed by atoms with Gasteiger partial charge in [-0.15, -0.1) is 0 Å². The van der Waals surface area contributed by atoms with Crippen molar-refractivity contribution in [2.45, 2.75) is 51.6 Å². The lowest BCUT2D eigenvalue weighted by Gasteiger charge is -2.26. The Morgan fingerprint density at radius 3 is 2.45 bits per heavy atom. The molecule has 6 heteroatoms. The number of ether oxygens (including phenoxy) is 4. The number of fused-ring (bicyclic) bond motifs is 3. The summed E-state index contributed by atoms with van der Waals surface area (Å²) in [4.78, 5) is 24.9. The van der Waals surface area contributed by atoms with Gasteiger partial charge in [-0.2, -0.15) is 0 Å². The zero-order chi connectivity index (χ0) is 22.0. The second-order valence-electron chi connectivity index (χ2n) is 7.93. The number of benzene rings is 2. The molecule has 0 aliphatic heterocycles. The van der Waals surface area contributed by atoms with Gasteiger partial charge in [-0.3, -0.25) is 4.79 Å². The Morgan fingerprint density at radius 2 is 1.81 bits per heavy atom. The van der Waals surface area contributed by atoms with Crippen molar-refractivity contribution in [1.29, 1.82) is 0 Å². The van der Waals surface area contributed by atoms with Crippen LogP contribution in [0.4, 0.5) is 0 Å². The van der Waals surface area contributed by atoms with Crippen molar-refractivity contribution >= 4 is 11.9 Å². The molecule has 0 unspecified atom stereocenters. The Labute approximate surface area is 182 Å². The number of hydrogen-bond acceptors (Lipinski definition) is 6. The van der Waals surface area contributed by atoms with E-state index in [2.05, 4.69) is 18.2 Å². The molecule has 31 heavy (non-hydrogen) atoms. The van der Waals surface area contributed by atoms with Gasteiger partial charge in [0.15, 0.2) is 0 Å². The largest absolute Gasteiger partial charge is 0.497 e. The smallest absolute Gasteiger partial charge is 0.342 e. The maximum atomic E-state index is 12.8. The number of esters is 2. The first kappa shape index (κ1) is 21.2. The van der Waals surface area contributed by atoms with Gasteiger partial charge in [-0.1, -0.05) is 24.6 Å². The highest BCUT2D eigenvalue weighted by Gasteiger charge is 2.55. The predicted octanol–water partition coefficient (Wildman–Crippen LogP) is 4.34. The Hall–Kier alpha value is -3.02. The maximum Gasteiger partial charge on any atom is 0.342 e. The molecule has 0 aromatic heterocycles. The Morgan fingerprint density at radius 1 is 1.03 bits per heavy atom. The molecule has 4 rings (SSSR count). The van der Waals surface area contributed by atoms with Crippen LogP contribution in [0, 0.1) is 0 Å². The minimum absolute atomic E-state index is 0.0700. The SMILES string of the molecule is CCOC(=O)Cc1cc(OC)cc(OCc2cccc3c2C32CCC2)c1C(=O)OCC. The van der Waals surface area contributed by atoms with E-state index in [1.807, 2.05) is 0 Å². The van der Waals surface area contributed by atoms with E-state index in [0.29, 0.717) is 23.7 Å². The van der Waals surface area contributed by atoms with Crippen LogP contribution in [-0.4, -0.2) is 32.3 Å². The minimum atomic E-state index is -0.529. The molecule has 0 N–H and O–H groups in total.